The van der Waals surface area contributed by atoms with Crippen molar-refractivity contribution in [2.75, 3.05) is 13.1 Å². The molecule has 5 nitrogen and oxygen atoms in total. The van der Waals surface area contributed by atoms with E-state index in [2.05, 4.69) is 0 Å². The predicted octanol–water partition coefficient (Wildman–Crippen LogP) is 2.54. The molecule has 0 aliphatic carbocycles. The number of carbonyl (C=O) groups is 1. The summed E-state index contributed by atoms with van der Waals surface area (Å²) in [5.41, 5.74) is 0.395. The Morgan fingerprint density at radius 3 is 2.37 bits per heavy atom. The number of rotatable bonds is 4. The molecule has 1 fully saturated rings. The monoisotopic (exact) mass is 380 g/mol. The first-order chi connectivity index (χ1) is 12.6. The summed E-state index contributed by atoms with van der Waals surface area (Å²) in [5.74, 6) is 0.296. The Kier molecular flexibility index (Phi) is 4.99. The molecular weight excluding hydrogens is 361 g/mol. The van der Waals surface area contributed by atoms with E-state index >= 15 is 0 Å². The van der Waals surface area contributed by atoms with Gasteiger partial charge < -0.3 is 14.2 Å². The lowest BCUT2D eigenvalue weighted by atomic mass is 10.1. The van der Waals surface area contributed by atoms with Gasteiger partial charge in [-0.25, -0.2) is 0 Å². The average molecular weight is 380 g/mol. The van der Waals surface area contributed by atoms with Crippen LogP contribution in [0.2, 0.25) is 0 Å². The SMILES string of the molecule is Cc1cc(OC2CN(C(=O)Cc3ccc(C(F)(F)F)cc3)C2)cc(=O)n1C. The minimum absolute atomic E-state index is 0.0375. The van der Waals surface area contributed by atoms with Gasteiger partial charge in [-0.15, -0.1) is 0 Å². The average Bonchev–Trinajstić information content (AvgIpc) is 2.55. The van der Waals surface area contributed by atoms with E-state index in [1.54, 1.807) is 24.9 Å². The van der Waals surface area contributed by atoms with Gasteiger partial charge in [0.15, 0.2) is 0 Å². The molecule has 0 N–H and O–H groups in total. The molecule has 1 aliphatic rings. The molecular formula is C19H19F3N2O3. The first kappa shape index (κ1) is 19.0. The standard InChI is InChI=1S/C19H19F3N2O3/c1-12-7-15(9-17(25)23(12)2)27-16-10-24(11-16)18(26)8-13-3-5-14(6-4-13)19(20,21)22/h3-7,9,16H,8,10-11H2,1-2H3. The van der Waals surface area contributed by atoms with Gasteiger partial charge in [0, 0.05) is 18.8 Å². The van der Waals surface area contributed by atoms with Gasteiger partial charge in [-0.3, -0.25) is 9.59 Å². The highest BCUT2D eigenvalue weighted by molar-refractivity contribution is 5.79. The summed E-state index contributed by atoms with van der Waals surface area (Å²) < 4.78 is 44.9. The van der Waals surface area contributed by atoms with Crippen LogP contribution in [0.3, 0.4) is 0 Å². The number of ether oxygens (including phenoxy) is 1. The third-order valence-electron chi connectivity index (χ3n) is 4.62. The minimum atomic E-state index is -4.39. The van der Waals surface area contributed by atoms with Crippen molar-refractivity contribution in [2.45, 2.75) is 25.6 Å². The second kappa shape index (κ2) is 7.09. The van der Waals surface area contributed by atoms with Crippen LogP contribution < -0.4 is 10.3 Å². The van der Waals surface area contributed by atoms with Crippen LogP contribution in [0.25, 0.3) is 0 Å². The van der Waals surface area contributed by atoms with Gasteiger partial charge in [-0.2, -0.15) is 13.2 Å². The van der Waals surface area contributed by atoms with E-state index in [1.165, 1.54) is 22.8 Å². The first-order valence-corrected chi connectivity index (χ1v) is 8.42. The van der Waals surface area contributed by atoms with Crippen LogP contribution >= 0.6 is 0 Å². The van der Waals surface area contributed by atoms with Gasteiger partial charge in [0.2, 0.25) is 5.91 Å². The lowest BCUT2D eigenvalue weighted by molar-refractivity contribution is -0.139. The Labute approximate surface area is 154 Å². The van der Waals surface area contributed by atoms with E-state index in [9.17, 15) is 22.8 Å². The zero-order chi connectivity index (χ0) is 19.8. The molecule has 1 aliphatic heterocycles. The highest BCUT2D eigenvalue weighted by Gasteiger charge is 2.33. The number of benzene rings is 1. The van der Waals surface area contributed by atoms with Gasteiger partial charge in [0.1, 0.15) is 11.9 Å². The van der Waals surface area contributed by atoms with Crippen molar-refractivity contribution in [1.29, 1.82) is 0 Å². The van der Waals surface area contributed by atoms with Crippen LogP contribution in [0.15, 0.2) is 41.2 Å². The van der Waals surface area contributed by atoms with E-state index in [4.69, 9.17) is 4.74 Å². The lowest BCUT2D eigenvalue weighted by Gasteiger charge is -2.39. The van der Waals surface area contributed by atoms with Crippen LogP contribution in [0.1, 0.15) is 16.8 Å². The second-order valence-electron chi connectivity index (χ2n) is 6.64. The number of halogens is 3. The first-order valence-electron chi connectivity index (χ1n) is 8.42. The molecule has 27 heavy (non-hydrogen) atoms. The smallest absolute Gasteiger partial charge is 0.416 e. The Bertz CT molecular complexity index is 898. The van der Waals surface area contributed by atoms with E-state index in [1.807, 2.05) is 0 Å². The molecule has 1 saturated heterocycles. The van der Waals surface area contributed by atoms with Crippen LogP contribution in [-0.4, -0.2) is 34.6 Å². The number of alkyl halides is 3. The number of nitrogens with zero attached hydrogens (tertiary/aromatic N) is 2. The van der Waals surface area contributed by atoms with E-state index < -0.39 is 11.7 Å². The number of pyridine rings is 1. The maximum Gasteiger partial charge on any atom is 0.416 e. The van der Waals surface area contributed by atoms with Crippen LogP contribution in [0.4, 0.5) is 13.2 Å². The highest BCUT2D eigenvalue weighted by Crippen LogP contribution is 2.29. The molecule has 3 rings (SSSR count). The zero-order valence-electron chi connectivity index (χ0n) is 14.9. The fourth-order valence-corrected chi connectivity index (χ4v) is 2.81. The Hall–Kier alpha value is -2.77. The van der Waals surface area contributed by atoms with Crippen molar-refractivity contribution >= 4 is 5.91 Å². The van der Waals surface area contributed by atoms with Crippen LogP contribution in [-0.2, 0) is 24.4 Å². The van der Waals surface area contributed by atoms with Crippen molar-refractivity contribution < 1.29 is 22.7 Å². The quantitative estimate of drug-likeness (QED) is 0.819. The van der Waals surface area contributed by atoms with Gasteiger partial charge >= 0.3 is 6.18 Å². The summed E-state index contributed by atoms with van der Waals surface area (Å²) in [7, 11) is 1.67. The summed E-state index contributed by atoms with van der Waals surface area (Å²) in [4.78, 5) is 25.6. The van der Waals surface area contributed by atoms with E-state index in [-0.39, 0.29) is 24.0 Å². The molecule has 1 aromatic carbocycles. The lowest BCUT2D eigenvalue weighted by Crippen LogP contribution is -2.56. The topological polar surface area (TPSA) is 51.5 Å². The molecule has 0 radical (unpaired) electrons. The van der Waals surface area contributed by atoms with E-state index in [0.29, 0.717) is 24.4 Å². The summed E-state index contributed by atoms with van der Waals surface area (Å²) in [5, 5.41) is 0. The maximum atomic E-state index is 12.6. The molecule has 0 bridgehead atoms. The van der Waals surface area contributed by atoms with Crippen molar-refractivity contribution in [1.82, 2.24) is 9.47 Å². The van der Waals surface area contributed by atoms with Crippen LogP contribution in [0, 0.1) is 6.92 Å². The zero-order valence-corrected chi connectivity index (χ0v) is 14.9. The van der Waals surface area contributed by atoms with Gasteiger partial charge in [0.25, 0.3) is 5.56 Å². The number of likely N-dealkylation sites (tertiary alicyclic amines) is 1. The molecule has 1 aromatic heterocycles. The van der Waals surface area contributed by atoms with Gasteiger partial charge in [-0.1, -0.05) is 12.1 Å². The molecule has 0 spiro atoms. The van der Waals surface area contributed by atoms with Crippen molar-refractivity contribution in [3.63, 3.8) is 0 Å². The number of aryl methyl sites for hydroxylation is 1. The fraction of sp³-hybridized carbons (Fsp3) is 0.368. The number of hydrogen-bond acceptors (Lipinski definition) is 3. The molecule has 144 valence electrons. The second-order valence-corrected chi connectivity index (χ2v) is 6.64. The Morgan fingerprint density at radius 2 is 1.81 bits per heavy atom. The third-order valence-corrected chi connectivity index (χ3v) is 4.62. The molecule has 0 saturated carbocycles. The maximum absolute atomic E-state index is 12.6. The summed E-state index contributed by atoms with van der Waals surface area (Å²) in [6.45, 7) is 2.57. The van der Waals surface area contributed by atoms with Crippen molar-refractivity contribution in [3.8, 4) is 5.75 Å². The molecule has 0 unspecified atom stereocenters. The predicted molar refractivity (Wildman–Crippen MR) is 92.6 cm³/mol. The molecule has 0 atom stereocenters. The number of aromatic nitrogens is 1. The summed E-state index contributed by atoms with van der Waals surface area (Å²) >= 11 is 0. The summed E-state index contributed by atoms with van der Waals surface area (Å²) in [6.07, 6.45) is -4.55. The number of carbonyl (C=O) groups excluding carboxylic acids is 1. The highest BCUT2D eigenvalue weighted by atomic mass is 19.4. The molecule has 1 amide bonds. The minimum Gasteiger partial charge on any atom is -0.486 e. The number of hydrogen-bond donors (Lipinski definition) is 0. The van der Waals surface area contributed by atoms with Gasteiger partial charge in [0.05, 0.1) is 25.1 Å². The molecule has 8 heteroatoms. The largest absolute Gasteiger partial charge is 0.486 e. The van der Waals surface area contributed by atoms with Crippen LogP contribution in [0.5, 0.6) is 5.75 Å². The van der Waals surface area contributed by atoms with E-state index in [0.717, 1.165) is 17.8 Å². The molecule has 2 heterocycles. The normalized spacial score (nSPS) is 14.8. The van der Waals surface area contributed by atoms with Crippen molar-refractivity contribution in [3.05, 3.63) is 63.6 Å². The Balaban J connectivity index is 1.52. The third kappa shape index (κ3) is 4.32. The Morgan fingerprint density at radius 1 is 1.19 bits per heavy atom. The van der Waals surface area contributed by atoms with Crippen molar-refractivity contribution in [2.24, 2.45) is 7.05 Å². The number of amides is 1. The fourth-order valence-electron chi connectivity index (χ4n) is 2.81. The van der Waals surface area contributed by atoms with Gasteiger partial charge in [-0.05, 0) is 30.7 Å². The summed E-state index contributed by atoms with van der Waals surface area (Å²) in [6, 6.07) is 7.74. The molecule has 2 aromatic rings.